The number of aromatic hydroxyl groups is 2. The molecule has 0 unspecified atom stereocenters. The third-order valence-electron chi connectivity index (χ3n) is 4.51. The van der Waals surface area contributed by atoms with Gasteiger partial charge >= 0.3 is 12.2 Å². The van der Waals surface area contributed by atoms with Crippen LogP contribution in [0.2, 0.25) is 0 Å². The van der Waals surface area contributed by atoms with Gasteiger partial charge in [-0.05, 0) is 13.8 Å². The van der Waals surface area contributed by atoms with E-state index in [-0.39, 0.29) is 47.3 Å². The number of benzene rings is 1. The molecule has 2 aliphatic heterocycles. The SMILES string of the molecule is CCN(C(=O)O)c1c(O)c(N2CC2)c(N(CC)C(=O)O)c(O)c1N1CC1. The minimum absolute atomic E-state index is 0.0120. The summed E-state index contributed by atoms with van der Waals surface area (Å²) in [5.41, 5.74) is 0.267. The molecule has 1 aromatic carbocycles. The van der Waals surface area contributed by atoms with E-state index in [1.165, 1.54) is 0 Å². The van der Waals surface area contributed by atoms with E-state index < -0.39 is 12.2 Å². The van der Waals surface area contributed by atoms with Crippen LogP contribution < -0.4 is 19.6 Å². The monoisotopic (exact) mass is 366 g/mol. The van der Waals surface area contributed by atoms with Gasteiger partial charge in [0.1, 0.15) is 22.7 Å². The van der Waals surface area contributed by atoms with Gasteiger partial charge in [0.25, 0.3) is 0 Å². The Kier molecular flexibility index (Phi) is 4.34. The van der Waals surface area contributed by atoms with Crippen molar-refractivity contribution in [3.63, 3.8) is 0 Å². The lowest BCUT2D eigenvalue weighted by Crippen LogP contribution is -2.32. The number of hydrogen-bond acceptors (Lipinski definition) is 6. The lowest BCUT2D eigenvalue weighted by Gasteiger charge is -2.30. The zero-order chi connectivity index (χ0) is 19.2. The van der Waals surface area contributed by atoms with Crippen molar-refractivity contribution in [2.45, 2.75) is 13.8 Å². The predicted octanol–water partition coefficient (Wildman–Crippen LogP) is 1.75. The van der Waals surface area contributed by atoms with Crippen molar-refractivity contribution < 1.29 is 30.0 Å². The Hall–Kier alpha value is -3.04. The van der Waals surface area contributed by atoms with Crippen LogP contribution in [0.5, 0.6) is 11.5 Å². The highest BCUT2D eigenvalue weighted by Gasteiger charge is 2.40. The van der Waals surface area contributed by atoms with Crippen LogP contribution in [-0.4, -0.2) is 71.9 Å². The average Bonchev–Trinajstić information content (AvgIpc) is 3.45. The first-order valence-corrected chi connectivity index (χ1v) is 8.46. The Balaban J connectivity index is 2.34. The van der Waals surface area contributed by atoms with E-state index in [1.54, 1.807) is 23.6 Å². The maximum Gasteiger partial charge on any atom is 0.411 e. The first kappa shape index (κ1) is 17.8. The number of carboxylic acid groups (broad SMARTS) is 2. The van der Waals surface area contributed by atoms with E-state index >= 15 is 0 Å². The zero-order valence-corrected chi connectivity index (χ0v) is 14.6. The van der Waals surface area contributed by atoms with E-state index in [0.29, 0.717) is 26.2 Å². The van der Waals surface area contributed by atoms with Crippen molar-refractivity contribution in [3.8, 4) is 11.5 Å². The maximum absolute atomic E-state index is 11.7. The molecular weight excluding hydrogens is 344 g/mol. The summed E-state index contributed by atoms with van der Waals surface area (Å²) < 4.78 is 0. The van der Waals surface area contributed by atoms with E-state index in [4.69, 9.17) is 0 Å². The van der Waals surface area contributed by atoms with Crippen molar-refractivity contribution in [1.82, 2.24) is 0 Å². The summed E-state index contributed by atoms with van der Waals surface area (Å²) >= 11 is 0. The molecule has 10 nitrogen and oxygen atoms in total. The van der Waals surface area contributed by atoms with E-state index in [1.807, 2.05) is 0 Å². The lowest BCUT2D eigenvalue weighted by atomic mass is 10.1. The second kappa shape index (κ2) is 6.36. The number of nitrogens with zero attached hydrogens (tertiary/aromatic N) is 4. The fraction of sp³-hybridized carbons (Fsp3) is 0.500. The van der Waals surface area contributed by atoms with Gasteiger partial charge in [0.2, 0.25) is 0 Å². The summed E-state index contributed by atoms with van der Waals surface area (Å²) in [6.45, 7) is 5.71. The molecule has 142 valence electrons. The van der Waals surface area contributed by atoms with Crippen LogP contribution in [0.4, 0.5) is 32.3 Å². The minimum atomic E-state index is -1.26. The molecular formula is C16H22N4O6. The van der Waals surface area contributed by atoms with Crippen LogP contribution in [-0.2, 0) is 0 Å². The van der Waals surface area contributed by atoms with Gasteiger partial charge in [0.15, 0.2) is 11.5 Å². The summed E-state index contributed by atoms with van der Waals surface area (Å²) in [6, 6.07) is 0. The summed E-state index contributed by atoms with van der Waals surface area (Å²) in [6.07, 6.45) is -2.53. The third kappa shape index (κ3) is 2.76. The standard InChI is InChI=1S/C16H22N4O6/c1-3-19(15(23)24)11-9(17-5-6-17)14(22)12(20(4-2)16(25)26)10(13(11)21)18-7-8-18/h21-22H,3-8H2,1-2H3,(H,23,24)(H,25,26). The third-order valence-corrected chi connectivity index (χ3v) is 4.51. The van der Waals surface area contributed by atoms with Crippen LogP contribution in [0, 0.1) is 0 Å². The van der Waals surface area contributed by atoms with Crippen LogP contribution in [0.1, 0.15) is 13.8 Å². The van der Waals surface area contributed by atoms with Gasteiger partial charge in [-0.3, -0.25) is 9.80 Å². The lowest BCUT2D eigenvalue weighted by molar-refractivity contribution is 0.200. The van der Waals surface area contributed by atoms with Crippen molar-refractivity contribution in [2.75, 3.05) is 58.9 Å². The van der Waals surface area contributed by atoms with Gasteiger partial charge < -0.3 is 30.2 Å². The highest BCUT2D eigenvalue weighted by Crippen LogP contribution is 2.58. The second-order valence-corrected chi connectivity index (χ2v) is 6.12. The van der Waals surface area contributed by atoms with E-state index in [9.17, 15) is 30.0 Å². The summed E-state index contributed by atoms with van der Waals surface area (Å²) in [7, 11) is 0. The van der Waals surface area contributed by atoms with Crippen molar-refractivity contribution >= 4 is 34.9 Å². The topological polar surface area (TPSA) is 128 Å². The molecule has 3 rings (SSSR count). The number of carbonyl (C=O) groups is 2. The summed E-state index contributed by atoms with van der Waals surface area (Å²) in [4.78, 5) is 28.6. The van der Waals surface area contributed by atoms with E-state index in [0.717, 1.165) is 9.80 Å². The molecule has 0 spiro atoms. The Morgan fingerprint density at radius 1 is 0.808 bits per heavy atom. The molecule has 26 heavy (non-hydrogen) atoms. The fourth-order valence-electron chi connectivity index (χ4n) is 3.11. The van der Waals surface area contributed by atoms with E-state index in [2.05, 4.69) is 0 Å². The van der Waals surface area contributed by atoms with Gasteiger partial charge in [-0.2, -0.15) is 0 Å². The van der Waals surface area contributed by atoms with Gasteiger partial charge in [-0.15, -0.1) is 0 Å². The van der Waals surface area contributed by atoms with Crippen LogP contribution in [0.15, 0.2) is 0 Å². The Morgan fingerprint density at radius 3 is 1.31 bits per heavy atom. The summed E-state index contributed by atoms with van der Waals surface area (Å²) in [5, 5.41) is 40.9. The average molecular weight is 366 g/mol. The molecule has 0 bridgehead atoms. The zero-order valence-electron chi connectivity index (χ0n) is 14.6. The fourth-order valence-corrected chi connectivity index (χ4v) is 3.11. The molecule has 0 atom stereocenters. The molecule has 2 fully saturated rings. The predicted molar refractivity (Wildman–Crippen MR) is 96.3 cm³/mol. The summed E-state index contributed by atoms with van der Waals surface area (Å²) in [5.74, 6) is -0.665. The molecule has 0 radical (unpaired) electrons. The molecule has 0 aliphatic carbocycles. The van der Waals surface area contributed by atoms with Crippen molar-refractivity contribution in [3.05, 3.63) is 0 Å². The normalized spacial score (nSPS) is 15.0. The molecule has 2 aliphatic rings. The van der Waals surface area contributed by atoms with Crippen molar-refractivity contribution in [1.29, 1.82) is 0 Å². The van der Waals surface area contributed by atoms with Crippen molar-refractivity contribution in [2.24, 2.45) is 0 Å². The number of phenolic OH excluding ortho intramolecular Hbond substituents is 2. The van der Waals surface area contributed by atoms with Gasteiger partial charge in [-0.25, -0.2) is 9.59 Å². The number of phenols is 2. The molecule has 4 N–H and O–H groups in total. The minimum Gasteiger partial charge on any atom is -0.504 e. The molecule has 2 amide bonds. The van der Waals surface area contributed by atoms with Crippen LogP contribution in [0.3, 0.4) is 0 Å². The van der Waals surface area contributed by atoms with Crippen LogP contribution in [0.25, 0.3) is 0 Å². The van der Waals surface area contributed by atoms with Gasteiger partial charge in [0, 0.05) is 39.3 Å². The molecule has 0 aromatic heterocycles. The first-order chi connectivity index (χ1) is 12.3. The molecule has 1 aromatic rings. The maximum atomic E-state index is 11.7. The molecule has 10 heteroatoms. The quantitative estimate of drug-likeness (QED) is 0.443. The molecule has 2 saturated heterocycles. The molecule has 2 heterocycles. The highest BCUT2D eigenvalue weighted by molar-refractivity contribution is 6.08. The number of amides is 2. The number of rotatable bonds is 6. The number of hydrogen-bond donors (Lipinski definition) is 4. The first-order valence-electron chi connectivity index (χ1n) is 8.46. The van der Waals surface area contributed by atoms with Crippen LogP contribution >= 0.6 is 0 Å². The highest BCUT2D eigenvalue weighted by atomic mass is 16.4. The van der Waals surface area contributed by atoms with Gasteiger partial charge in [-0.1, -0.05) is 0 Å². The largest absolute Gasteiger partial charge is 0.504 e. The Bertz CT molecular complexity index is 696. The number of anilines is 4. The van der Waals surface area contributed by atoms with Gasteiger partial charge in [0.05, 0.1) is 0 Å². The Labute approximate surface area is 150 Å². The second-order valence-electron chi connectivity index (χ2n) is 6.12. The molecule has 0 saturated carbocycles. The Morgan fingerprint density at radius 2 is 1.12 bits per heavy atom. The smallest absolute Gasteiger partial charge is 0.411 e.